The number of halogens is 1. The Morgan fingerprint density at radius 2 is 2.00 bits per heavy atom. The molecule has 0 amide bonds. The minimum Gasteiger partial charge on any atom is -0.207 e. The monoisotopic (exact) mass is 177 g/mol. The van der Waals surface area contributed by atoms with Crippen LogP contribution in [0.1, 0.15) is 36.5 Å². The zero-order valence-corrected chi connectivity index (χ0v) is 8.06. The largest absolute Gasteiger partial charge is 0.207 e. The van der Waals surface area contributed by atoms with Crippen LogP contribution in [-0.2, 0) is 0 Å². The van der Waals surface area contributed by atoms with E-state index in [1.54, 1.807) is 13.0 Å². The zero-order valence-electron chi connectivity index (χ0n) is 8.06. The van der Waals surface area contributed by atoms with Gasteiger partial charge in [-0.15, -0.1) is 0 Å². The highest BCUT2D eigenvalue weighted by Crippen LogP contribution is 2.21. The smallest absolute Gasteiger partial charge is 0.127 e. The van der Waals surface area contributed by atoms with Crippen molar-refractivity contribution in [3.63, 3.8) is 0 Å². The summed E-state index contributed by atoms with van der Waals surface area (Å²) < 4.78 is 13.3. The molecule has 0 N–H and O–H groups in total. The lowest BCUT2D eigenvalue weighted by atomic mass is 9.98. The molecule has 1 aromatic carbocycles. The third-order valence-corrected chi connectivity index (χ3v) is 2.09. The first-order valence-electron chi connectivity index (χ1n) is 4.26. The predicted molar refractivity (Wildman–Crippen MR) is 49.9 cm³/mol. The van der Waals surface area contributed by atoms with Gasteiger partial charge in [-0.25, -0.2) is 4.39 Å². The quantitative estimate of drug-likeness (QED) is 0.646. The first kappa shape index (κ1) is 9.73. The van der Waals surface area contributed by atoms with Crippen molar-refractivity contribution in [2.45, 2.75) is 26.7 Å². The van der Waals surface area contributed by atoms with Crippen LogP contribution in [0.25, 0.3) is 0 Å². The Balaban J connectivity index is 3.33. The van der Waals surface area contributed by atoms with Gasteiger partial charge in [0.05, 0.1) is 11.6 Å². The van der Waals surface area contributed by atoms with Gasteiger partial charge in [0, 0.05) is 0 Å². The topological polar surface area (TPSA) is 23.8 Å². The molecule has 0 atom stereocenters. The predicted octanol–water partition coefficient (Wildman–Crippen LogP) is 3.13. The van der Waals surface area contributed by atoms with Gasteiger partial charge >= 0.3 is 0 Å². The van der Waals surface area contributed by atoms with Crippen molar-refractivity contribution >= 4 is 0 Å². The Morgan fingerprint density at radius 3 is 2.46 bits per heavy atom. The lowest BCUT2D eigenvalue weighted by molar-refractivity contribution is 0.597. The van der Waals surface area contributed by atoms with Crippen molar-refractivity contribution in [3.05, 3.63) is 34.6 Å². The van der Waals surface area contributed by atoms with Gasteiger partial charge in [-0.05, 0) is 36.1 Å². The second-order valence-corrected chi connectivity index (χ2v) is 3.46. The molecular weight excluding hydrogens is 165 g/mol. The Morgan fingerprint density at radius 1 is 1.38 bits per heavy atom. The Kier molecular flexibility index (Phi) is 2.67. The van der Waals surface area contributed by atoms with E-state index < -0.39 is 0 Å². The third kappa shape index (κ3) is 1.86. The zero-order chi connectivity index (χ0) is 10.0. The normalized spacial score (nSPS) is 10.2. The van der Waals surface area contributed by atoms with Crippen molar-refractivity contribution in [2.24, 2.45) is 0 Å². The SMILES string of the molecule is Cc1cc(F)c(C(C)C)cc1C#N. The van der Waals surface area contributed by atoms with Gasteiger partial charge in [-0.2, -0.15) is 5.26 Å². The minimum atomic E-state index is -0.216. The van der Waals surface area contributed by atoms with Crippen LogP contribution in [0.4, 0.5) is 4.39 Å². The van der Waals surface area contributed by atoms with Crippen molar-refractivity contribution in [1.29, 1.82) is 5.26 Å². The maximum absolute atomic E-state index is 13.3. The highest BCUT2D eigenvalue weighted by atomic mass is 19.1. The highest BCUT2D eigenvalue weighted by Gasteiger charge is 2.09. The molecule has 0 unspecified atom stereocenters. The lowest BCUT2D eigenvalue weighted by Gasteiger charge is -2.08. The number of hydrogen-bond donors (Lipinski definition) is 0. The van der Waals surface area contributed by atoms with E-state index in [1.165, 1.54) is 6.07 Å². The molecule has 0 aliphatic rings. The molecule has 68 valence electrons. The summed E-state index contributed by atoms with van der Waals surface area (Å²) >= 11 is 0. The molecule has 1 aromatic rings. The standard InChI is InChI=1S/C11H12FN/c1-7(2)10-5-9(6-13)8(3)4-11(10)12/h4-5,7H,1-3H3. The summed E-state index contributed by atoms with van der Waals surface area (Å²) in [6, 6.07) is 5.11. The van der Waals surface area contributed by atoms with Crippen LogP contribution in [0.5, 0.6) is 0 Å². The van der Waals surface area contributed by atoms with E-state index in [0.29, 0.717) is 16.7 Å². The Hall–Kier alpha value is -1.36. The molecular formula is C11H12FN. The van der Waals surface area contributed by atoms with E-state index in [9.17, 15) is 4.39 Å². The molecule has 1 rings (SSSR count). The van der Waals surface area contributed by atoms with E-state index in [1.807, 2.05) is 13.8 Å². The fourth-order valence-corrected chi connectivity index (χ4v) is 1.25. The van der Waals surface area contributed by atoms with Crippen molar-refractivity contribution < 1.29 is 4.39 Å². The number of nitrogens with zero attached hydrogens (tertiary/aromatic N) is 1. The molecule has 0 saturated carbocycles. The van der Waals surface area contributed by atoms with Gasteiger partial charge in [-0.3, -0.25) is 0 Å². The van der Waals surface area contributed by atoms with E-state index in [4.69, 9.17) is 5.26 Å². The van der Waals surface area contributed by atoms with E-state index >= 15 is 0 Å². The Bertz CT molecular complexity index is 361. The number of aryl methyl sites for hydroxylation is 1. The second-order valence-electron chi connectivity index (χ2n) is 3.46. The van der Waals surface area contributed by atoms with Crippen LogP contribution in [0.15, 0.2) is 12.1 Å². The fraction of sp³-hybridized carbons (Fsp3) is 0.364. The van der Waals surface area contributed by atoms with Gasteiger partial charge in [0.2, 0.25) is 0 Å². The van der Waals surface area contributed by atoms with Crippen LogP contribution in [0.2, 0.25) is 0 Å². The van der Waals surface area contributed by atoms with Crippen molar-refractivity contribution in [1.82, 2.24) is 0 Å². The van der Waals surface area contributed by atoms with E-state index in [2.05, 4.69) is 6.07 Å². The maximum Gasteiger partial charge on any atom is 0.127 e. The number of hydrogen-bond acceptors (Lipinski definition) is 1. The molecule has 0 saturated heterocycles. The van der Waals surface area contributed by atoms with Gasteiger partial charge in [0.25, 0.3) is 0 Å². The molecule has 0 radical (unpaired) electrons. The summed E-state index contributed by atoms with van der Waals surface area (Å²) in [5.74, 6) is -0.0980. The van der Waals surface area contributed by atoms with Crippen LogP contribution >= 0.6 is 0 Å². The van der Waals surface area contributed by atoms with Gasteiger partial charge < -0.3 is 0 Å². The molecule has 0 heterocycles. The average Bonchev–Trinajstić information content (AvgIpc) is 2.03. The molecule has 2 heteroatoms. The molecule has 0 spiro atoms. The fourth-order valence-electron chi connectivity index (χ4n) is 1.25. The summed E-state index contributed by atoms with van der Waals surface area (Å²) in [6.07, 6.45) is 0. The lowest BCUT2D eigenvalue weighted by Crippen LogP contribution is -1.96. The summed E-state index contributed by atoms with van der Waals surface area (Å²) in [4.78, 5) is 0. The van der Waals surface area contributed by atoms with Crippen molar-refractivity contribution in [3.8, 4) is 6.07 Å². The molecule has 1 nitrogen and oxygen atoms in total. The summed E-state index contributed by atoms with van der Waals surface area (Å²) in [7, 11) is 0. The van der Waals surface area contributed by atoms with Crippen LogP contribution in [0, 0.1) is 24.1 Å². The number of benzene rings is 1. The first-order chi connectivity index (χ1) is 6.06. The molecule has 0 aromatic heterocycles. The first-order valence-corrected chi connectivity index (χ1v) is 4.26. The van der Waals surface area contributed by atoms with Gasteiger partial charge in [0.1, 0.15) is 5.82 Å². The highest BCUT2D eigenvalue weighted by molar-refractivity contribution is 5.41. The van der Waals surface area contributed by atoms with Gasteiger partial charge in [-0.1, -0.05) is 13.8 Å². The molecule has 0 aliphatic heterocycles. The van der Waals surface area contributed by atoms with Crippen LogP contribution in [-0.4, -0.2) is 0 Å². The number of nitriles is 1. The molecule has 0 bridgehead atoms. The van der Waals surface area contributed by atoms with E-state index in [0.717, 1.165) is 0 Å². The molecule has 13 heavy (non-hydrogen) atoms. The van der Waals surface area contributed by atoms with Crippen LogP contribution < -0.4 is 0 Å². The van der Waals surface area contributed by atoms with Crippen LogP contribution in [0.3, 0.4) is 0 Å². The Labute approximate surface area is 77.8 Å². The van der Waals surface area contributed by atoms with E-state index in [-0.39, 0.29) is 11.7 Å². The van der Waals surface area contributed by atoms with Crippen molar-refractivity contribution in [2.75, 3.05) is 0 Å². The molecule has 0 fully saturated rings. The third-order valence-electron chi connectivity index (χ3n) is 2.09. The minimum absolute atomic E-state index is 0.118. The summed E-state index contributed by atoms with van der Waals surface area (Å²) in [5.41, 5.74) is 1.87. The second kappa shape index (κ2) is 3.57. The summed E-state index contributed by atoms with van der Waals surface area (Å²) in [6.45, 7) is 5.57. The maximum atomic E-state index is 13.3. The summed E-state index contributed by atoms with van der Waals surface area (Å²) in [5, 5.41) is 8.74. The average molecular weight is 177 g/mol. The number of rotatable bonds is 1. The van der Waals surface area contributed by atoms with Gasteiger partial charge in [0.15, 0.2) is 0 Å². The molecule has 0 aliphatic carbocycles.